The van der Waals surface area contributed by atoms with E-state index in [4.69, 9.17) is 0 Å². The minimum Gasteiger partial charge on any atom is -0.393 e. The van der Waals surface area contributed by atoms with E-state index in [2.05, 4.69) is 26.0 Å². The Labute approximate surface area is 74.5 Å². The van der Waals surface area contributed by atoms with E-state index >= 15 is 0 Å². The summed E-state index contributed by atoms with van der Waals surface area (Å²) in [6.07, 6.45) is 7.92. The summed E-state index contributed by atoms with van der Waals surface area (Å²) >= 11 is 0. The predicted molar refractivity (Wildman–Crippen MR) is 49.8 cm³/mol. The van der Waals surface area contributed by atoms with Gasteiger partial charge in [0.1, 0.15) is 0 Å². The molecule has 68 valence electrons. The topological polar surface area (TPSA) is 20.2 Å². The van der Waals surface area contributed by atoms with Gasteiger partial charge in [0.25, 0.3) is 0 Å². The van der Waals surface area contributed by atoms with E-state index in [0.717, 1.165) is 12.3 Å². The average molecular weight is 166 g/mol. The van der Waals surface area contributed by atoms with Crippen molar-refractivity contribution in [1.82, 2.24) is 0 Å². The molecule has 2 aliphatic rings. The van der Waals surface area contributed by atoms with Gasteiger partial charge in [0.05, 0.1) is 6.10 Å². The van der Waals surface area contributed by atoms with Crippen LogP contribution in [0.2, 0.25) is 0 Å². The third-order valence-corrected chi connectivity index (χ3v) is 3.87. The first-order valence-electron chi connectivity index (χ1n) is 5.03. The number of hydrogen-bond donors (Lipinski definition) is 1. The number of hydrogen-bond acceptors (Lipinski definition) is 1. The van der Waals surface area contributed by atoms with Gasteiger partial charge >= 0.3 is 0 Å². The normalized spacial score (nSPS) is 46.9. The van der Waals surface area contributed by atoms with Crippen molar-refractivity contribution in [1.29, 1.82) is 0 Å². The van der Waals surface area contributed by atoms with E-state index in [1.54, 1.807) is 0 Å². The Morgan fingerprint density at radius 2 is 2.33 bits per heavy atom. The Morgan fingerprint density at radius 1 is 1.58 bits per heavy atom. The lowest BCUT2D eigenvalue weighted by Crippen LogP contribution is -2.35. The van der Waals surface area contributed by atoms with Crippen molar-refractivity contribution in [3.05, 3.63) is 12.2 Å². The molecule has 1 nitrogen and oxygen atoms in total. The van der Waals surface area contributed by atoms with Gasteiger partial charge in [-0.1, -0.05) is 26.0 Å². The lowest BCUT2D eigenvalue weighted by Gasteiger charge is -2.35. The fraction of sp³-hybridized carbons (Fsp3) is 0.818. The van der Waals surface area contributed by atoms with Crippen molar-refractivity contribution in [3.63, 3.8) is 0 Å². The van der Waals surface area contributed by atoms with Gasteiger partial charge in [-0.15, -0.1) is 0 Å². The molecular formula is C11H18O. The first-order chi connectivity index (χ1) is 5.66. The van der Waals surface area contributed by atoms with Gasteiger partial charge in [-0.3, -0.25) is 0 Å². The monoisotopic (exact) mass is 166 g/mol. The van der Waals surface area contributed by atoms with E-state index < -0.39 is 0 Å². The lowest BCUT2D eigenvalue weighted by atomic mass is 9.72. The van der Waals surface area contributed by atoms with E-state index in [-0.39, 0.29) is 11.5 Å². The van der Waals surface area contributed by atoms with E-state index in [9.17, 15) is 5.11 Å². The molecule has 0 radical (unpaired) electrons. The minimum atomic E-state index is -0.0996. The van der Waals surface area contributed by atoms with Crippen LogP contribution in [0.4, 0.5) is 0 Å². The smallest absolute Gasteiger partial charge is 0.0597 e. The fourth-order valence-electron chi connectivity index (χ4n) is 2.98. The molecule has 0 heterocycles. The van der Waals surface area contributed by atoms with E-state index in [0.29, 0.717) is 5.92 Å². The molecule has 1 N–H and O–H groups in total. The van der Waals surface area contributed by atoms with Gasteiger partial charge in [0.15, 0.2) is 0 Å². The molecule has 1 heteroatoms. The van der Waals surface area contributed by atoms with Gasteiger partial charge in [-0.25, -0.2) is 0 Å². The van der Waals surface area contributed by atoms with Crippen molar-refractivity contribution < 1.29 is 5.11 Å². The van der Waals surface area contributed by atoms with Gasteiger partial charge in [-0.2, -0.15) is 0 Å². The summed E-state index contributed by atoms with van der Waals surface area (Å²) in [4.78, 5) is 0. The molecule has 1 unspecified atom stereocenters. The molecule has 0 aromatic rings. The summed E-state index contributed by atoms with van der Waals surface area (Å²) in [6, 6.07) is 0. The summed E-state index contributed by atoms with van der Waals surface area (Å²) in [5.41, 5.74) is 0.189. The standard InChI is InChI=1S/C11H18O/c1-3-10(12)11(2)7-8-4-5-9(11)6-8/h4-5,8-10,12H,3,6-7H2,1-2H3/t8-,9+,10?,11+/m1/s1. The Hall–Kier alpha value is -0.300. The van der Waals surface area contributed by atoms with Crippen molar-refractivity contribution in [2.75, 3.05) is 0 Å². The van der Waals surface area contributed by atoms with E-state index in [1.165, 1.54) is 12.8 Å². The zero-order valence-electron chi connectivity index (χ0n) is 7.96. The van der Waals surface area contributed by atoms with Crippen molar-refractivity contribution in [2.24, 2.45) is 17.3 Å². The van der Waals surface area contributed by atoms with Crippen molar-refractivity contribution >= 4 is 0 Å². The lowest BCUT2D eigenvalue weighted by molar-refractivity contribution is 0.0159. The molecule has 1 saturated carbocycles. The first-order valence-corrected chi connectivity index (χ1v) is 5.03. The average Bonchev–Trinajstić information content (AvgIpc) is 2.62. The van der Waals surface area contributed by atoms with Crippen LogP contribution in [0.25, 0.3) is 0 Å². The molecule has 12 heavy (non-hydrogen) atoms. The van der Waals surface area contributed by atoms with Crippen LogP contribution in [-0.2, 0) is 0 Å². The second kappa shape index (κ2) is 2.59. The van der Waals surface area contributed by atoms with E-state index in [1.807, 2.05) is 0 Å². The fourth-order valence-corrected chi connectivity index (χ4v) is 2.98. The number of rotatable bonds is 2. The third-order valence-electron chi connectivity index (χ3n) is 3.87. The Kier molecular flexibility index (Phi) is 1.80. The molecule has 1 fully saturated rings. The van der Waals surface area contributed by atoms with Crippen LogP contribution in [0.3, 0.4) is 0 Å². The molecule has 0 saturated heterocycles. The summed E-state index contributed by atoms with van der Waals surface area (Å²) in [6.45, 7) is 4.32. The summed E-state index contributed by atoms with van der Waals surface area (Å²) in [7, 11) is 0. The predicted octanol–water partition coefficient (Wildman–Crippen LogP) is 2.36. The maximum Gasteiger partial charge on any atom is 0.0597 e. The van der Waals surface area contributed by atoms with Crippen molar-refractivity contribution in [2.45, 2.75) is 39.2 Å². The van der Waals surface area contributed by atoms with Crippen LogP contribution in [0.15, 0.2) is 12.2 Å². The Bertz CT molecular complexity index is 209. The molecule has 0 aromatic carbocycles. The molecule has 4 atom stereocenters. The van der Waals surface area contributed by atoms with Gasteiger partial charge in [-0.05, 0) is 31.1 Å². The molecular weight excluding hydrogens is 148 g/mol. The number of fused-ring (bicyclic) bond motifs is 2. The molecule has 0 aliphatic heterocycles. The van der Waals surface area contributed by atoms with Crippen LogP contribution >= 0.6 is 0 Å². The maximum absolute atomic E-state index is 9.91. The second-order valence-corrected chi connectivity index (χ2v) is 4.62. The number of aliphatic hydroxyl groups excluding tert-OH is 1. The maximum atomic E-state index is 9.91. The molecule has 2 rings (SSSR count). The summed E-state index contributed by atoms with van der Waals surface area (Å²) in [5.74, 6) is 1.42. The highest BCUT2D eigenvalue weighted by Crippen LogP contribution is 2.54. The molecule has 0 aromatic heterocycles. The first kappa shape index (κ1) is 8.31. The van der Waals surface area contributed by atoms with Crippen LogP contribution in [0.5, 0.6) is 0 Å². The third kappa shape index (κ3) is 0.957. The molecule has 2 aliphatic carbocycles. The largest absolute Gasteiger partial charge is 0.393 e. The highest BCUT2D eigenvalue weighted by Gasteiger charge is 2.48. The van der Waals surface area contributed by atoms with Crippen LogP contribution in [-0.4, -0.2) is 11.2 Å². The number of aliphatic hydroxyl groups is 1. The van der Waals surface area contributed by atoms with Crippen LogP contribution < -0.4 is 0 Å². The van der Waals surface area contributed by atoms with Crippen molar-refractivity contribution in [3.8, 4) is 0 Å². The van der Waals surface area contributed by atoms with Gasteiger partial charge in [0, 0.05) is 5.41 Å². The Balaban J connectivity index is 2.18. The highest BCUT2D eigenvalue weighted by molar-refractivity contribution is 5.15. The Morgan fingerprint density at radius 3 is 2.75 bits per heavy atom. The summed E-state index contributed by atoms with van der Waals surface area (Å²) in [5, 5.41) is 9.91. The zero-order chi connectivity index (χ0) is 8.77. The molecule has 0 spiro atoms. The SMILES string of the molecule is CCC(O)[C@@]1(C)C[C@@H]2C=C[C@H]1C2. The van der Waals surface area contributed by atoms with Gasteiger partial charge < -0.3 is 5.11 Å². The number of allylic oxidation sites excluding steroid dienone is 2. The minimum absolute atomic E-state index is 0.0996. The molecule has 2 bridgehead atoms. The second-order valence-electron chi connectivity index (χ2n) is 4.62. The van der Waals surface area contributed by atoms with Gasteiger partial charge in [0.2, 0.25) is 0 Å². The molecule has 0 amide bonds. The quantitative estimate of drug-likeness (QED) is 0.624. The highest BCUT2D eigenvalue weighted by atomic mass is 16.3. The van der Waals surface area contributed by atoms with Crippen LogP contribution in [0, 0.1) is 17.3 Å². The summed E-state index contributed by atoms with van der Waals surface area (Å²) < 4.78 is 0. The van der Waals surface area contributed by atoms with Crippen LogP contribution in [0.1, 0.15) is 33.1 Å². The zero-order valence-corrected chi connectivity index (χ0v) is 7.96.